The second-order valence-corrected chi connectivity index (χ2v) is 8.69. The summed E-state index contributed by atoms with van der Waals surface area (Å²) in [6.45, 7) is 6.43. The number of fused-ring (bicyclic) bond motifs is 1. The van der Waals surface area contributed by atoms with Crippen LogP contribution in [0.2, 0.25) is 0 Å². The molecule has 0 aliphatic heterocycles. The van der Waals surface area contributed by atoms with Gasteiger partial charge in [-0.25, -0.2) is 9.67 Å². The van der Waals surface area contributed by atoms with E-state index in [2.05, 4.69) is 32.4 Å². The minimum atomic E-state index is -0.575. The summed E-state index contributed by atoms with van der Waals surface area (Å²) in [5.41, 5.74) is 18.2. The summed E-state index contributed by atoms with van der Waals surface area (Å²) in [5.74, 6) is -0.0873. The van der Waals surface area contributed by atoms with E-state index in [9.17, 15) is 4.79 Å². The number of nitrogen functional groups attached to an aromatic ring is 1. The second-order valence-electron chi connectivity index (χ2n) is 8.69. The van der Waals surface area contributed by atoms with E-state index in [1.54, 1.807) is 0 Å². The summed E-state index contributed by atoms with van der Waals surface area (Å²) in [6.07, 6.45) is 1.74. The van der Waals surface area contributed by atoms with Gasteiger partial charge >= 0.3 is 0 Å². The van der Waals surface area contributed by atoms with Crippen LogP contribution in [0.25, 0.3) is 10.9 Å². The van der Waals surface area contributed by atoms with Crippen LogP contribution < -0.4 is 11.5 Å². The van der Waals surface area contributed by atoms with E-state index in [1.807, 2.05) is 49.7 Å². The first-order valence-corrected chi connectivity index (χ1v) is 10.6. The summed E-state index contributed by atoms with van der Waals surface area (Å²) in [6, 6.07) is 12.1. The van der Waals surface area contributed by atoms with Gasteiger partial charge in [-0.15, -0.1) is 5.10 Å². The van der Waals surface area contributed by atoms with E-state index in [-0.39, 0.29) is 5.69 Å². The highest BCUT2D eigenvalue weighted by atomic mass is 16.1. The van der Waals surface area contributed by atoms with E-state index in [0.29, 0.717) is 12.4 Å². The van der Waals surface area contributed by atoms with Gasteiger partial charge in [-0.3, -0.25) is 9.78 Å². The Morgan fingerprint density at radius 1 is 1.09 bits per heavy atom. The second kappa shape index (κ2) is 7.12. The Bertz CT molecular complexity index is 1360. The van der Waals surface area contributed by atoms with Crippen LogP contribution in [0, 0.1) is 20.8 Å². The molecule has 0 atom stereocenters. The molecule has 3 heterocycles. The van der Waals surface area contributed by atoms with Gasteiger partial charge in [-0.05, 0) is 74.6 Å². The van der Waals surface area contributed by atoms with Crippen molar-refractivity contribution in [1.82, 2.24) is 25.0 Å². The number of aryl methyl sites for hydroxylation is 3. The molecule has 0 unspecified atom stereocenters. The number of rotatable bonds is 5. The molecule has 1 saturated carbocycles. The molecule has 0 spiro atoms. The molecule has 3 aromatic heterocycles. The standard InChI is InChI=1S/C24H25N7O/c1-13-10-19(25)28-15(3)20(13)24(8-9-24)22-21(23(26)32)29-30-31(22)12-16-5-7-18-17(11-16)6-4-14(2)27-18/h4-7,10-11H,8-9,12H2,1-3H3,(H2,25,28)(H2,26,32). The van der Waals surface area contributed by atoms with Gasteiger partial charge in [0, 0.05) is 22.2 Å². The summed E-state index contributed by atoms with van der Waals surface area (Å²) in [5, 5.41) is 9.57. The summed E-state index contributed by atoms with van der Waals surface area (Å²) < 4.78 is 1.81. The van der Waals surface area contributed by atoms with Gasteiger partial charge < -0.3 is 11.5 Å². The average Bonchev–Trinajstić information content (AvgIpc) is 3.38. The maximum Gasteiger partial charge on any atom is 0.271 e. The predicted octanol–water partition coefficient (Wildman–Crippen LogP) is 2.96. The third kappa shape index (κ3) is 3.19. The van der Waals surface area contributed by atoms with Crippen molar-refractivity contribution in [2.75, 3.05) is 5.73 Å². The molecule has 0 saturated heterocycles. The minimum Gasteiger partial charge on any atom is -0.384 e. The zero-order valence-electron chi connectivity index (χ0n) is 18.4. The number of primary amides is 1. The van der Waals surface area contributed by atoms with Crippen molar-refractivity contribution in [3.8, 4) is 0 Å². The van der Waals surface area contributed by atoms with Crippen LogP contribution in [0.15, 0.2) is 36.4 Å². The lowest BCUT2D eigenvalue weighted by atomic mass is 9.86. The molecule has 162 valence electrons. The minimum absolute atomic E-state index is 0.219. The topological polar surface area (TPSA) is 126 Å². The molecule has 1 aromatic carbocycles. The first kappa shape index (κ1) is 20.1. The zero-order valence-corrected chi connectivity index (χ0v) is 18.4. The fourth-order valence-electron chi connectivity index (χ4n) is 4.93. The van der Waals surface area contributed by atoms with Crippen LogP contribution in [0.3, 0.4) is 0 Å². The van der Waals surface area contributed by atoms with Crippen LogP contribution >= 0.6 is 0 Å². The molecule has 4 aromatic rings. The smallest absolute Gasteiger partial charge is 0.271 e. The van der Waals surface area contributed by atoms with Gasteiger partial charge in [-0.2, -0.15) is 0 Å². The fourth-order valence-corrected chi connectivity index (χ4v) is 4.93. The van der Waals surface area contributed by atoms with Crippen molar-refractivity contribution in [3.63, 3.8) is 0 Å². The zero-order chi connectivity index (χ0) is 22.6. The van der Waals surface area contributed by atoms with E-state index < -0.39 is 11.3 Å². The van der Waals surface area contributed by atoms with Gasteiger partial charge in [0.25, 0.3) is 5.91 Å². The highest BCUT2D eigenvalue weighted by Gasteiger charge is 2.53. The monoisotopic (exact) mass is 427 g/mol. The number of pyridine rings is 2. The highest BCUT2D eigenvalue weighted by Crippen LogP contribution is 2.56. The first-order chi connectivity index (χ1) is 15.3. The van der Waals surface area contributed by atoms with Crippen LogP contribution in [0.5, 0.6) is 0 Å². The molecule has 8 nitrogen and oxygen atoms in total. The third-order valence-electron chi connectivity index (χ3n) is 6.29. The average molecular weight is 428 g/mol. The third-order valence-corrected chi connectivity index (χ3v) is 6.29. The SMILES string of the molecule is Cc1ccc2cc(Cn3nnc(C(N)=O)c3C3(c4c(C)cc(N)nc4C)CC3)ccc2n1. The summed E-state index contributed by atoms with van der Waals surface area (Å²) >= 11 is 0. The number of aromatic nitrogens is 5. The Morgan fingerprint density at radius 3 is 2.56 bits per heavy atom. The van der Waals surface area contributed by atoms with Gasteiger partial charge in [0.15, 0.2) is 5.69 Å². The number of hydrogen-bond acceptors (Lipinski definition) is 6. The quantitative estimate of drug-likeness (QED) is 0.504. The van der Waals surface area contributed by atoms with E-state index in [4.69, 9.17) is 11.5 Å². The molecule has 1 aliphatic carbocycles. The number of carbonyl (C=O) groups is 1. The predicted molar refractivity (Wildman–Crippen MR) is 122 cm³/mol. The number of anilines is 1. The number of nitrogens with zero attached hydrogens (tertiary/aromatic N) is 5. The number of carbonyl (C=O) groups excluding carboxylic acids is 1. The van der Waals surface area contributed by atoms with E-state index >= 15 is 0 Å². The maximum atomic E-state index is 12.3. The summed E-state index contributed by atoms with van der Waals surface area (Å²) in [4.78, 5) is 21.3. The maximum absolute atomic E-state index is 12.3. The molecular formula is C24H25N7O. The van der Waals surface area contributed by atoms with Crippen molar-refractivity contribution < 1.29 is 4.79 Å². The van der Waals surface area contributed by atoms with Crippen molar-refractivity contribution in [2.45, 2.75) is 45.6 Å². The van der Waals surface area contributed by atoms with Crippen LogP contribution in [0.1, 0.15) is 57.1 Å². The molecule has 0 radical (unpaired) electrons. The van der Waals surface area contributed by atoms with Crippen molar-refractivity contribution in [3.05, 3.63) is 75.9 Å². The van der Waals surface area contributed by atoms with Gasteiger partial charge in [0.05, 0.1) is 17.8 Å². The van der Waals surface area contributed by atoms with Gasteiger partial charge in [0.1, 0.15) is 5.82 Å². The number of amides is 1. The van der Waals surface area contributed by atoms with E-state index in [0.717, 1.165) is 57.5 Å². The Balaban J connectivity index is 1.62. The van der Waals surface area contributed by atoms with Crippen LogP contribution in [-0.2, 0) is 12.0 Å². The number of nitrogens with two attached hydrogens (primary N) is 2. The first-order valence-electron chi connectivity index (χ1n) is 10.6. The molecule has 4 N–H and O–H groups in total. The van der Waals surface area contributed by atoms with Crippen LogP contribution in [-0.4, -0.2) is 30.9 Å². The molecule has 1 fully saturated rings. The lowest BCUT2D eigenvalue weighted by molar-refractivity contribution is 0.0994. The summed E-state index contributed by atoms with van der Waals surface area (Å²) in [7, 11) is 0. The van der Waals surface area contributed by atoms with Gasteiger partial charge in [0.2, 0.25) is 0 Å². The lowest BCUT2D eigenvalue weighted by Crippen LogP contribution is -2.24. The molecule has 0 bridgehead atoms. The molecule has 1 aliphatic rings. The number of benzene rings is 1. The van der Waals surface area contributed by atoms with Crippen molar-refractivity contribution in [2.24, 2.45) is 5.73 Å². The Hall–Kier alpha value is -3.81. The van der Waals surface area contributed by atoms with E-state index in [1.165, 1.54) is 0 Å². The molecule has 5 rings (SSSR count). The normalized spacial score (nSPS) is 14.6. The molecule has 32 heavy (non-hydrogen) atoms. The largest absolute Gasteiger partial charge is 0.384 e. The Morgan fingerprint density at radius 2 is 1.88 bits per heavy atom. The highest BCUT2D eigenvalue weighted by molar-refractivity contribution is 5.92. The molecular weight excluding hydrogens is 402 g/mol. The van der Waals surface area contributed by atoms with Crippen molar-refractivity contribution >= 4 is 22.6 Å². The molecule has 1 amide bonds. The molecule has 8 heteroatoms. The lowest BCUT2D eigenvalue weighted by Gasteiger charge is -2.22. The Kier molecular flexibility index (Phi) is 4.47. The number of hydrogen-bond donors (Lipinski definition) is 2. The fraction of sp³-hybridized carbons (Fsp3) is 0.292. The Labute approximate surface area is 185 Å². The van der Waals surface area contributed by atoms with Crippen molar-refractivity contribution in [1.29, 1.82) is 0 Å². The van der Waals surface area contributed by atoms with Gasteiger partial charge in [-0.1, -0.05) is 17.3 Å². The van der Waals surface area contributed by atoms with Crippen LogP contribution in [0.4, 0.5) is 5.82 Å².